The van der Waals surface area contributed by atoms with Gasteiger partial charge in [0.2, 0.25) is 0 Å². The molecule has 12 heteroatoms. The topological polar surface area (TPSA) is 106 Å². The standard InChI is InChI=1S/C15H18F3N5O4/c1-21(27-2)8-12(24)9-22-7-11(6-19-22)20-13-4-3-10(15(16,17)18)5-14(13)23(25)26/h3-7,12,20,24H,8-9H2,1-2H3. The third-order valence-electron chi connectivity index (χ3n) is 3.61. The fourth-order valence-corrected chi connectivity index (χ4v) is 2.29. The molecule has 27 heavy (non-hydrogen) atoms. The molecule has 9 nitrogen and oxygen atoms in total. The van der Waals surface area contributed by atoms with Gasteiger partial charge >= 0.3 is 6.18 Å². The summed E-state index contributed by atoms with van der Waals surface area (Å²) in [5, 5.41) is 29.1. The van der Waals surface area contributed by atoms with Crippen molar-refractivity contribution in [1.29, 1.82) is 0 Å². The van der Waals surface area contributed by atoms with E-state index in [1.54, 1.807) is 7.05 Å². The largest absolute Gasteiger partial charge is 0.416 e. The lowest BCUT2D eigenvalue weighted by Gasteiger charge is -2.17. The van der Waals surface area contributed by atoms with Crippen molar-refractivity contribution < 1.29 is 28.0 Å². The highest BCUT2D eigenvalue weighted by Crippen LogP contribution is 2.35. The first-order chi connectivity index (χ1) is 12.6. The third kappa shape index (κ3) is 5.64. The van der Waals surface area contributed by atoms with Crippen LogP contribution < -0.4 is 5.32 Å². The number of halogens is 3. The van der Waals surface area contributed by atoms with Gasteiger partial charge in [0.15, 0.2) is 0 Å². The second-order valence-corrected chi connectivity index (χ2v) is 5.71. The lowest BCUT2D eigenvalue weighted by Crippen LogP contribution is -2.31. The number of hydroxylamine groups is 2. The normalized spacial score (nSPS) is 13.0. The minimum absolute atomic E-state index is 0.104. The number of hydrogen-bond donors (Lipinski definition) is 2. The molecular formula is C15H18F3N5O4. The van der Waals surface area contributed by atoms with Gasteiger partial charge in [-0.25, -0.2) is 0 Å². The Labute approximate surface area is 152 Å². The molecular weight excluding hydrogens is 371 g/mol. The Morgan fingerprint density at radius 2 is 2.19 bits per heavy atom. The molecule has 0 saturated heterocycles. The molecule has 1 heterocycles. The monoisotopic (exact) mass is 389 g/mol. The van der Waals surface area contributed by atoms with Crippen LogP contribution in [-0.2, 0) is 17.6 Å². The first-order valence-corrected chi connectivity index (χ1v) is 7.68. The van der Waals surface area contributed by atoms with Gasteiger partial charge in [0.05, 0.1) is 48.7 Å². The van der Waals surface area contributed by atoms with Crippen LogP contribution in [0.1, 0.15) is 5.56 Å². The van der Waals surface area contributed by atoms with Crippen LogP contribution in [0.2, 0.25) is 0 Å². The molecule has 2 rings (SSSR count). The molecule has 1 aromatic carbocycles. The zero-order valence-corrected chi connectivity index (χ0v) is 14.5. The first kappa shape index (κ1) is 20.6. The molecule has 0 aliphatic rings. The minimum Gasteiger partial charge on any atom is -0.390 e. The Kier molecular flexibility index (Phi) is 6.36. The molecule has 1 aromatic heterocycles. The molecule has 1 atom stereocenters. The van der Waals surface area contributed by atoms with E-state index in [1.807, 2.05) is 0 Å². The Hall–Kier alpha value is -2.70. The van der Waals surface area contributed by atoms with Crippen molar-refractivity contribution in [1.82, 2.24) is 14.8 Å². The van der Waals surface area contributed by atoms with E-state index >= 15 is 0 Å². The van der Waals surface area contributed by atoms with Gasteiger partial charge in [-0.15, -0.1) is 0 Å². The van der Waals surface area contributed by atoms with E-state index in [0.717, 1.165) is 12.1 Å². The molecule has 0 spiro atoms. The summed E-state index contributed by atoms with van der Waals surface area (Å²) in [6.07, 6.45) is -2.66. The number of aliphatic hydroxyl groups excluding tert-OH is 1. The van der Waals surface area contributed by atoms with Crippen molar-refractivity contribution in [2.45, 2.75) is 18.8 Å². The molecule has 1 unspecified atom stereocenters. The fraction of sp³-hybridized carbons (Fsp3) is 0.400. The first-order valence-electron chi connectivity index (χ1n) is 7.68. The number of aliphatic hydroxyl groups is 1. The maximum Gasteiger partial charge on any atom is 0.416 e. The number of aromatic nitrogens is 2. The van der Waals surface area contributed by atoms with E-state index in [0.29, 0.717) is 11.8 Å². The highest BCUT2D eigenvalue weighted by molar-refractivity contribution is 5.69. The van der Waals surface area contributed by atoms with E-state index in [1.165, 1.54) is 29.2 Å². The van der Waals surface area contributed by atoms with Crippen molar-refractivity contribution >= 4 is 17.1 Å². The highest BCUT2D eigenvalue weighted by atomic mass is 19.4. The summed E-state index contributed by atoms with van der Waals surface area (Å²) < 4.78 is 39.6. The highest BCUT2D eigenvalue weighted by Gasteiger charge is 2.33. The summed E-state index contributed by atoms with van der Waals surface area (Å²) >= 11 is 0. The number of rotatable bonds is 8. The van der Waals surface area contributed by atoms with Crippen LogP contribution in [0.25, 0.3) is 0 Å². The number of nitrogens with zero attached hydrogens (tertiary/aromatic N) is 4. The van der Waals surface area contributed by atoms with Gasteiger partial charge in [-0.2, -0.15) is 23.3 Å². The smallest absolute Gasteiger partial charge is 0.390 e. The van der Waals surface area contributed by atoms with Gasteiger partial charge in [-0.3, -0.25) is 14.8 Å². The van der Waals surface area contributed by atoms with Gasteiger partial charge in [0.25, 0.3) is 5.69 Å². The zero-order chi connectivity index (χ0) is 20.2. The van der Waals surface area contributed by atoms with Crippen molar-refractivity contribution in [3.8, 4) is 0 Å². The molecule has 0 bridgehead atoms. The lowest BCUT2D eigenvalue weighted by atomic mass is 10.1. The van der Waals surface area contributed by atoms with E-state index in [2.05, 4.69) is 10.4 Å². The summed E-state index contributed by atoms with van der Waals surface area (Å²) in [6.45, 7) is 0.355. The summed E-state index contributed by atoms with van der Waals surface area (Å²) in [6, 6.07) is 2.21. The molecule has 0 aliphatic carbocycles. The number of hydrogen-bond acceptors (Lipinski definition) is 7. The second-order valence-electron chi connectivity index (χ2n) is 5.71. The number of alkyl halides is 3. The van der Waals surface area contributed by atoms with E-state index in [4.69, 9.17) is 4.84 Å². The predicted octanol–water partition coefficient (Wildman–Crippen LogP) is 2.41. The maximum absolute atomic E-state index is 12.7. The van der Waals surface area contributed by atoms with Gasteiger partial charge in [0.1, 0.15) is 5.69 Å². The van der Waals surface area contributed by atoms with Crippen LogP contribution in [-0.4, -0.2) is 51.7 Å². The van der Waals surface area contributed by atoms with E-state index < -0.39 is 28.5 Å². The average Bonchev–Trinajstić information content (AvgIpc) is 3.00. The number of nitrogens with one attached hydrogen (secondary N) is 1. The summed E-state index contributed by atoms with van der Waals surface area (Å²) in [7, 11) is 3.10. The van der Waals surface area contributed by atoms with Crippen molar-refractivity contribution in [3.05, 3.63) is 46.3 Å². The van der Waals surface area contributed by atoms with Crippen LogP contribution in [0.4, 0.5) is 30.2 Å². The van der Waals surface area contributed by atoms with Crippen LogP contribution in [0, 0.1) is 10.1 Å². The maximum atomic E-state index is 12.7. The number of nitro benzene ring substituents is 1. The number of nitro groups is 1. The zero-order valence-electron chi connectivity index (χ0n) is 14.5. The van der Waals surface area contributed by atoms with Crippen LogP contribution in [0.5, 0.6) is 0 Å². The van der Waals surface area contributed by atoms with Crippen LogP contribution in [0.3, 0.4) is 0 Å². The lowest BCUT2D eigenvalue weighted by molar-refractivity contribution is -0.384. The van der Waals surface area contributed by atoms with Gasteiger partial charge < -0.3 is 15.3 Å². The molecule has 2 aromatic rings. The second kappa shape index (κ2) is 8.33. The quantitative estimate of drug-likeness (QED) is 0.528. The van der Waals surface area contributed by atoms with E-state index in [-0.39, 0.29) is 18.8 Å². The third-order valence-corrected chi connectivity index (χ3v) is 3.61. The van der Waals surface area contributed by atoms with Crippen molar-refractivity contribution in [2.75, 3.05) is 26.0 Å². The molecule has 0 fully saturated rings. The van der Waals surface area contributed by atoms with E-state index in [9.17, 15) is 28.4 Å². The molecule has 0 saturated carbocycles. The predicted molar refractivity (Wildman–Crippen MR) is 89.3 cm³/mol. The fourth-order valence-electron chi connectivity index (χ4n) is 2.29. The molecule has 0 radical (unpaired) electrons. The van der Waals surface area contributed by atoms with Gasteiger partial charge in [-0.1, -0.05) is 0 Å². The summed E-state index contributed by atoms with van der Waals surface area (Å²) in [5.74, 6) is 0. The van der Waals surface area contributed by atoms with Gasteiger partial charge in [0, 0.05) is 19.3 Å². The van der Waals surface area contributed by atoms with Crippen molar-refractivity contribution in [3.63, 3.8) is 0 Å². The molecule has 148 valence electrons. The molecule has 2 N–H and O–H groups in total. The molecule has 0 amide bonds. The number of anilines is 2. The summed E-state index contributed by atoms with van der Waals surface area (Å²) in [4.78, 5) is 15.1. The summed E-state index contributed by atoms with van der Waals surface area (Å²) in [5.41, 5.74) is -1.60. The Morgan fingerprint density at radius 3 is 2.78 bits per heavy atom. The SMILES string of the molecule is CON(C)CC(O)Cn1cc(Nc2ccc(C(F)(F)F)cc2[N+](=O)[O-])cn1. The Balaban J connectivity index is 2.14. The number of likely N-dealkylation sites (N-methyl/N-ethyl adjacent to an activating group) is 1. The van der Waals surface area contributed by atoms with Gasteiger partial charge in [-0.05, 0) is 12.1 Å². The van der Waals surface area contributed by atoms with Crippen LogP contribution in [0.15, 0.2) is 30.6 Å². The number of benzene rings is 1. The average molecular weight is 389 g/mol. The Bertz CT molecular complexity index is 796. The van der Waals surface area contributed by atoms with Crippen molar-refractivity contribution in [2.24, 2.45) is 0 Å². The van der Waals surface area contributed by atoms with Crippen LogP contribution >= 0.6 is 0 Å². The minimum atomic E-state index is -4.68. The molecule has 0 aliphatic heterocycles. The Morgan fingerprint density at radius 1 is 1.48 bits per heavy atom.